The Bertz CT molecular complexity index is 439. The Hall–Kier alpha value is -1.10. The van der Waals surface area contributed by atoms with Gasteiger partial charge >= 0.3 is 5.97 Å². The van der Waals surface area contributed by atoms with Gasteiger partial charge in [-0.1, -0.05) is 11.8 Å². The molecule has 0 bridgehead atoms. The van der Waals surface area contributed by atoms with Crippen LogP contribution in [0.15, 0.2) is 5.16 Å². The fourth-order valence-corrected chi connectivity index (χ4v) is 2.89. The number of aromatic nitrogens is 2. The number of thioether (sulfide) groups is 1. The molecule has 0 aromatic carbocycles. The van der Waals surface area contributed by atoms with Crippen molar-refractivity contribution in [2.75, 3.05) is 0 Å². The highest BCUT2D eigenvalue weighted by atomic mass is 32.2. The summed E-state index contributed by atoms with van der Waals surface area (Å²) in [7, 11) is 0. The van der Waals surface area contributed by atoms with Gasteiger partial charge in [0.05, 0.1) is 0 Å². The van der Waals surface area contributed by atoms with E-state index in [9.17, 15) is 4.79 Å². The summed E-state index contributed by atoms with van der Waals surface area (Å²) in [6, 6.07) is 0. The lowest BCUT2D eigenvalue weighted by Gasteiger charge is -2.08. The average molecular weight is 252 g/mol. The predicted octanol–water partition coefficient (Wildman–Crippen LogP) is 2.20. The summed E-state index contributed by atoms with van der Waals surface area (Å²) in [5, 5.41) is 0.508. The molecule has 1 aliphatic rings. The molecule has 2 atom stereocenters. The first-order valence-corrected chi connectivity index (χ1v) is 6.54. The van der Waals surface area contributed by atoms with Crippen LogP contribution in [-0.4, -0.2) is 27.3 Å². The van der Waals surface area contributed by atoms with Gasteiger partial charge in [-0.15, -0.1) is 0 Å². The summed E-state index contributed by atoms with van der Waals surface area (Å²) in [6.45, 7) is 7.84. The highest BCUT2D eigenvalue weighted by Gasteiger charge is 2.33. The lowest BCUT2D eigenvalue weighted by molar-refractivity contribution is -0.140. The molecule has 92 valence electrons. The van der Waals surface area contributed by atoms with Crippen molar-refractivity contribution in [3.8, 4) is 0 Å². The molecule has 0 radical (unpaired) electrons. The van der Waals surface area contributed by atoms with E-state index in [2.05, 4.69) is 9.97 Å². The second-order valence-electron chi connectivity index (χ2n) is 4.39. The molecule has 1 fully saturated rings. The quantitative estimate of drug-likeness (QED) is 0.596. The third-order valence-electron chi connectivity index (χ3n) is 2.99. The number of rotatable bonds is 2. The molecule has 1 aliphatic heterocycles. The molecule has 0 unspecified atom stereocenters. The Morgan fingerprint density at radius 3 is 2.29 bits per heavy atom. The van der Waals surface area contributed by atoms with Gasteiger partial charge in [0.15, 0.2) is 5.16 Å². The maximum absolute atomic E-state index is 11.5. The molecule has 5 heteroatoms. The molecule has 0 saturated carbocycles. The molecular weight excluding hydrogens is 236 g/mol. The molecular formula is C12H16N2O2S. The van der Waals surface area contributed by atoms with Gasteiger partial charge in [0.2, 0.25) is 0 Å². The number of nitrogens with zero attached hydrogens (tertiary/aromatic N) is 2. The zero-order valence-electron chi connectivity index (χ0n) is 10.5. The van der Waals surface area contributed by atoms with Crippen LogP contribution in [0.3, 0.4) is 0 Å². The SMILES string of the molecule is Cc1nc(S[C@H]2C[C@H](C)OC2=O)nc(C)c1C. The largest absolute Gasteiger partial charge is 0.462 e. The molecule has 1 aromatic rings. The lowest BCUT2D eigenvalue weighted by atomic mass is 10.2. The van der Waals surface area contributed by atoms with E-state index in [4.69, 9.17) is 4.74 Å². The van der Waals surface area contributed by atoms with Crippen molar-refractivity contribution in [1.82, 2.24) is 9.97 Å². The van der Waals surface area contributed by atoms with Crippen molar-refractivity contribution < 1.29 is 9.53 Å². The van der Waals surface area contributed by atoms with Crippen molar-refractivity contribution in [3.63, 3.8) is 0 Å². The molecule has 0 aliphatic carbocycles. The van der Waals surface area contributed by atoms with Crippen LogP contribution in [0, 0.1) is 20.8 Å². The second kappa shape index (κ2) is 4.64. The number of carbonyl (C=O) groups excluding carboxylic acids is 1. The summed E-state index contributed by atoms with van der Waals surface area (Å²) < 4.78 is 5.11. The van der Waals surface area contributed by atoms with E-state index in [0.29, 0.717) is 5.16 Å². The summed E-state index contributed by atoms with van der Waals surface area (Å²) in [4.78, 5) is 20.3. The molecule has 1 saturated heterocycles. The first-order valence-electron chi connectivity index (χ1n) is 5.66. The van der Waals surface area contributed by atoms with Gasteiger partial charge in [0, 0.05) is 17.8 Å². The van der Waals surface area contributed by atoms with Crippen molar-refractivity contribution in [1.29, 1.82) is 0 Å². The smallest absolute Gasteiger partial charge is 0.319 e. The van der Waals surface area contributed by atoms with Gasteiger partial charge in [-0.25, -0.2) is 9.97 Å². The number of cyclic esters (lactones) is 1. The maximum Gasteiger partial charge on any atom is 0.319 e. The van der Waals surface area contributed by atoms with Crippen LogP contribution < -0.4 is 0 Å². The van der Waals surface area contributed by atoms with E-state index in [1.807, 2.05) is 27.7 Å². The van der Waals surface area contributed by atoms with Crippen LogP contribution in [0.1, 0.15) is 30.3 Å². The van der Waals surface area contributed by atoms with Crippen molar-refractivity contribution in [2.45, 2.75) is 50.6 Å². The Morgan fingerprint density at radius 2 is 1.82 bits per heavy atom. The van der Waals surface area contributed by atoms with E-state index >= 15 is 0 Å². The van der Waals surface area contributed by atoms with E-state index in [1.165, 1.54) is 11.8 Å². The summed E-state index contributed by atoms with van der Waals surface area (Å²) in [5.41, 5.74) is 3.05. The van der Waals surface area contributed by atoms with Crippen molar-refractivity contribution >= 4 is 17.7 Å². The topological polar surface area (TPSA) is 52.1 Å². The molecule has 1 aromatic heterocycles. The minimum Gasteiger partial charge on any atom is -0.462 e. The summed E-state index contributed by atoms with van der Waals surface area (Å²) in [5.74, 6) is -0.151. The molecule has 17 heavy (non-hydrogen) atoms. The standard InChI is InChI=1S/C12H16N2O2S/c1-6-5-10(11(15)16-6)17-12-13-8(3)7(2)9(4)14-12/h6,10H,5H2,1-4H3/t6-,10-/m0/s1. The summed E-state index contributed by atoms with van der Waals surface area (Å²) >= 11 is 1.40. The molecule has 0 amide bonds. The van der Waals surface area contributed by atoms with E-state index in [1.54, 1.807) is 0 Å². The minimum atomic E-state index is -0.161. The van der Waals surface area contributed by atoms with Gasteiger partial charge in [0.1, 0.15) is 11.4 Å². The lowest BCUT2D eigenvalue weighted by Crippen LogP contribution is -2.11. The van der Waals surface area contributed by atoms with Gasteiger partial charge in [-0.3, -0.25) is 4.79 Å². The molecule has 0 spiro atoms. The highest BCUT2D eigenvalue weighted by Crippen LogP contribution is 2.30. The van der Waals surface area contributed by atoms with Crippen LogP contribution in [0.5, 0.6) is 0 Å². The molecule has 2 rings (SSSR count). The van der Waals surface area contributed by atoms with Crippen LogP contribution >= 0.6 is 11.8 Å². The number of aryl methyl sites for hydroxylation is 2. The Labute approximate surface area is 105 Å². The molecule has 2 heterocycles. The fourth-order valence-electron chi connectivity index (χ4n) is 1.74. The van der Waals surface area contributed by atoms with Gasteiger partial charge in [0.25, 0.3) is 0 Å². The number of carbonyl (C=O) groups is 1. The highest BCUT2D eigenvalue weighted by molar-refractivity contribution is 8.00. The number of esters is 1. The van der Waals surface area contributed by atoms with Crippen molar-refractivity contribution in [3.05, 3.63) is 17.0 Å². The van der Waals surface area contributed by atoms with Crippen LogP contribution in [-0.2, 0) is 9.53 Å². The van der Waals surface area contributed by atoms with Crippen LogP contribution in [0.25, 0.3) is 0 Å². The molecule has 4 nitrogen and oxygen atoms in total. The van der Waals surface area contributed by atoms with Gasteiger partial charge in [-0.05, 0) is 33.3 Å². The fraction of sp³-hybridized carbons (Fsp3) is 0.583. The maximum atomic E-state index is 11.5. The van der Waals surface area contributed by atoms with E-state index < -0.39 is 0 Å². The minimum absolute atomic E-state index is 0.00708. The summed E-state index contributed by atoms with van der Waals surface area (Å²) in [6.07, 6.45) is 0.742. The van der Waals surface area contributed by atoms with Crippen LogP contribution in [0.2, 0.25) is 0 Å². The third-order valence-corrected chi connectivity index (χ3v) is 4.05. The number of ether oxygens (including phenoxy) is 1. The first kappa shape index (κ1) is 12.4. The van der Waals surface area contributed by atoms with Crippen LogP contribution in [0.4, 0.5) is 0 Å². The van der Waals surface area contributed by atoms with Crippen molar-refractivity contribution in [2.24, 2.45) is 0 Å². The zero-order valence-corrected chi connectivity index (χ0v) is 11.3. The normalized spacial score (nSPS) is 23.9. The number of hydrogen-bond donors (Lipinski definition) is 0. The average Bonchev–Trinajstić information content (AvgIpc) is 2.54. The van der Waals surface area contributed by atoms with E-state index in [-0.39, 0.29) is 17.3 Å². The third kappa shape index (κ3) is 2.60. The van der Waals surface area contributed by atoms with E-state index in [0.717, 1.165) is 23.4 Å². The second-order valence-corrected chi connectivity index (χ2v) is 5.56. The Balaban J connectivity index is 2.17. The first-order chi connectivity index (χ1) is 7.97. The predicted molar refractivity (Wildman–Crippen MR) is 66.1 cm³/mol. The number of hydrogen-bond acceptors (Lipinski definition) is 5. The van der Waals surface area contributed by atoms with Gasteiger partial charge < -0.3 is 4.74 Å². The van der Waals surface area contributed by atoms with Gasteiger partial charge in [-0.2, -0.15) is 0 Å². The Morgan fingerprint density at radius 1 is 1.24 bits per heavy atom. The molecule has 0 N–H and O–H groups in total. The Kier molecular flexibility index (Phi) is 3.38. The zero-order chi connectivity index (χ0) is 12.6. The monoisotopic (exact) mass is 252 g/mol.